The Bertz CT molecular complexity index is 364. The molecule has 21 heavy (non-hydrogen) atoms. The smallest absolute Gasteiger partial charge is 0.451 e. The molecule has 0 spiro atoms. The molecule has 1 aliphatic rings. The maximum Gasteiger partial charge on any atom is 0.451 e. The predicted octanol–water partition coefficient (Wildman–Crippen LogP) is -1.72. The fourth-order valence-corrected chi connectivity index (χ4v) is 2.41. The third kappa shape index (κ3) is 6.37. The summed E-state index contributed by atoms with van der Waals surface area (Å²) >= 11 is 0. The van der Waals surface area contributed by atoms with Crippen LogP contribution < -0.4 is 11.5 Å². The number of rotatable bonds is 5. The minimum absolute atomic E-state index is 0. The normalized spacial score (nSPS) is 24.6. The maximum atomic E-state index is 11.6. The molecule has 8 nitrogen and oxygen atoms in total. The summed E-state index contributed by atoms with van der Waals surface area (Å²) in [6.45, 7) is 0.0660. The average molecular weight is 346 g/mol. The topological polar surface area (TPSA) is 150 Å². The quantitative estimate of drug-likeness (QED) is 0.372. The lowest BCUT2D eigenvalue weighted by Crippen LogP contribution is -2.63. The first-order valence-corrected chi connectivity index (χ1v) is 6.14. The van der Waals surface area contributed by atoms with Gasteiger partial charge in [-0.15, -0.1) is 24.8 Å². The number of nitrogens with zero attached hydrogens (tertiary/aromatic N) is 1. The second-order valence-corrected chi connectivity index (χ2v) is 5.07. The number of nitrogens with two attached hydrogens (primary N) is 2. The lowest BCUT2D eigenvalue weighted by molar-refractivity contribution is -0.149. The van der Waals surface area contributed by atoms with Gasteiger partial charge < -0.3 is 31.5 Å². The molecule has 0 bridgehead atoms. The zero-order chi connectivity index (χ0) is 14.6. The van der Waals surface area contributed by atoms with Crippen LogP contribution in [0.4, 0.5) is 0 Å². The van der Waals surface area contributed by atoms with E-state index in [9.17, 15) is 14.7 Å². The number of carboxylic acid groups (broad SMARTS) is 1. The number of hydrogen-bond acceptors (Lipinski definition) is 6. The van der Waals surface area contributed by atoms with Gasteiger partial charge in [0.2, 0.25) is 5.91 Å². The van der Waals surface area contributed by atoms with Crippen molar-refractivity contribution in [2.45, 2.75) is 24.7 Å². The highest BCUT2D eigenvalue weighted by molar-refractivity contribution is 6.40. The average Bonchev–Trinajstić information content (AvgIpc) is 2.34. The lowest BCUT2D eigenvalue weighted by atomic mass is 9.75. The molecule has 1 saturated heterocycles. The van der Waals surface area contributed by atoms with Crippen molar-refractivity contribution in [3.8, 4) is 0 Å². The fourth-order valence-electron chi connectivity index (χ4n) is 2.41. The minimum atomic E-state index is -1.51. The van der Waals surface area contributed by atoms with E-state index in [0.717, 1.165) is 0 Å². The molecule has 0 aromatic carbocycles. The van der Waals surface area contributed by atoms with Gasteiger partial charge in [0.05, 0.1) is 6.54 Å². The Labute approximate surface area is 135 Å². The SMILES string of the molecule is Cl.Cl.NCC(=O)N1C[C@@H](CCB(O)O)C[C@](N)(C(=O)O)C1. The molecule has 1 aliphatic heterocycles. The molecule has 0 aromatic rings. The van der Waals surface area contributed by atoms with Gasteiger partial charge in [-0.05, 0) is 18.7 Å². The molecule has 1 heterocycles. The maximum absolute atomic E-state index is 11.6. The van der Waals surface area contributed by atoms with Crippen molar-refractivity contribution >= 4 is 43.8 Å². The van der Waals surface area contributed by atoms with Crippen LogP contribution in [0.15, 0.2) is 0 Å². The molecule has 0 aliphatic carbocycles. The van der Waals surface area contributed by atoms with Crippen molar-refractivity contribution in [1.29, 1.82) is 0 Å². The molecule has 11 heteroatoms. The number of likely N-dealkylation sites (tertiary alicyclic amines) is 1. The van der Waals surface area contributed by atoms with Gasteiger partial charge in [0.1, 0.15) is 5.54 Å². The van der Waals surface area contributed by atoms with Crippen molar-refractivity contribution in [3.63, 3.8) is 0 Å². The minimum Gasteiger partial charge on any atom is -0.480 e. The molecule has 0 aromatic heterocycles. The number of carboxylic acids is 1. The van der Waals surface area contributed by atoms with E-state index in [-0.39, 0.29) is 62.5 Å². The summed E-state index contributed by atoms with van der Waals surface area (Å²) in [6.07, 6.45) is 0.701. The van der Waals surface area contributed by atoms with Crippen molar-refractivity contribution in [3.05, 3.63) is 0 Å². The van der Waals surface area contributed by atoms with E-state index >= 15 is 0 Å². The van der Waals surface area contributed by atoms with Gasteiger partial charge in [-0.3, -0.25) is 9.59 Å². The number of halogens is 2. The standard InChI is InChI=1S/C10H20BN3O5.2ClH/c12-4-8(15)14-5-7(1-2-11(18)19)3-10(13,6-14)9(16)17;;/h7,18-19H,1-6,12-13H2,(H,16,17);2*1H/t7-,10+;;/m0../s1. The highest BCUT2D eigenvalue weighted by atomic mass is 35.5. The summed E-state index contributed by atoms with van der Waals surface area (Å²) in [5.41, 5.74) is 9.59. The Morgan fingerprint density at radius 1 is 1.33 bits per heavy atom. The van der Waals surface area contributed by atoms with Crippen LogP contribution in [0.1, 0.15) is 12.8 Å². The predicted molar refractivity (Wildman–Crippen MR) is 82.4 cm³/mol. The number of aliphatic carboxylic acids is 1. The highest BCUT2D eigenvalue weighted by Crippen LogP contribution is 2.27. The Morgan fingerprint density at radius 2 is 1.90 bits per heavy atom. The summed E-state index contributed by atoms with van der Waals surface area (Å²) in [4.78, 5) is 24.2. The second kappa shape index (κ2) is 9.44. The van der Waals surface area contributed by atoms with Gasteiger partial charge in [-0.2, -0.15) is 0 Å². The number of carbonyl (C=O) groups is 2. The molecule has 2 atom stereocenters. The van der Waals surface area contributed by atoms with Crippen molar-refractivity contribution in [2.24, 2.45) is 17.4 Å². The van der Waals surface area contributed by atoms with E-state index in [4.69, 9.17) is 21.5 Å². The van der Waals surface area contributed by atoms with Gasteiger partial charge in [0.25, 0.3) is 0 Å². The highest BCUT2D eigenvalue weighted by Gasteiger charge is 2.43. The molecule has 1 amide bonds. The van der Waals surface area contributed by atoms with E-state index < -0.39 is 18.6 Å². The third-order valence-electron chi connectivity index (χ3n) is 3.39. The van der Waals surface area contributed by atoms with Crippen LogP contribution >= 0.6 is 24.8 Å². The van der Waals surface area contributed by atoms with Crippen LogP contribution in [-0.4, -0.2) is 64.2 Å². The lowest BCUT2D eigenvalue weighted by Gasteiger charge is -2.41. The Balaban J connectivity index is 0. The van der Waals surface area contributed by atoms with E-state index in [1.165, 1.54) is 4.90 Å². The largest absolute Gasteiger partial charge is 0.480 e. The number of amides is 1. The first-order valence-electron chi connectivity index (χ1n) is 6.14. The van der Waals surface area contributed by atoms with E-state index in [0.29, 0.717) is 13.0 Å². The molecular weight excluding hydrogens is 324 g/mol. The van der Waals surface area contributed by atoms with Gasteiger partial charge in [0.15, 0.2) is 0 Å². The first-order chi connectivity index (χ1) is 8.78. The Morgan fingerprint density at radius 3 is 2.33 bits per heavy atom. The van der Waals surface area contributed by atoms with E-state index in [2.05, 4.69) is 0 Å². The van der Waals surface area contributed by atoms with Crippen LogP contribution in [0.3, 0.4) is 0 Å². The Kier molecular flexibility index (Phi) is 10.2. The van der Waals surface area contributed by atoms with Crippen molar-refractivity contribution in [1.82, 2.24) is 4.90 Å². The van der Waals surface area contributed by atoms with Crippen LogP contribution in [-0.2, 0) is 9.59 Å². The van der Waals surface area contributed by atoms with Gasteiger partial charge in [-0.1, -0.05) is 6.42 Å². The summed E-state index contributed by atoms with van der Waals surface area (Å²) < 4.78 is 0. The molecule has 7 N–H and O–H groups in total. The summed E-state index contributed by atoms with van der Waals surface area (Å²) in [5, 5.41) is 26.9. The van der Waals surface area contributed by atoms with Crippen LogP contribution in [0, 0.1) is 5.92 Å². The molecule has 1 fully saturated rings. The summed E-state index contributed by atoms with van der Waals surface area (Å²) in [7, 11) is -1.45. The Hall–Kier alpha value is -0.575. The first kappa shape index (κ1) is 22.7. The zero-order valence-electron chi connectivity index (χ0n) is 11.5. The summed E-state index contributed by atoms with van der Waals surface area (Å²) in [6, 6.07) is 0. The van der Waals surface area contributed by atoms with E-state index in [1.807, 2.05) is 0 Å². The molecule has 0 unspecified atom stereocenters. The second-order valence-electron chi connectivity index (χ2n) is 5.07. The van der Waals surface area contributed by atoms with Crippen molar-refractivity contribution in [2.75, 3.05) is 19.6 Å². The fraction of sp³-hybridized carbons (Fsp3) is 0.800. The number of piperidine rings is 1. The van der Waals surface area contributed by atoms with Crippen LogP contribution in [0.2, 0.25) is 6.32 Å². The molecule has 124 valence electrons. The van der Waals surface area contributed by atoms with Gasteiger partial charge >= 0.3 is 13.1 Å². The molecular formula is C10H22BCl2N3O5. The van der Waals surface area contributed by atoms with Gasteiger partial charge in [0, 0.05) is 13.1 Å². The molecule has 0 saturated carbocycles. The van der Waals surface area contributed by atoms with Crippen LogP contribution in [0.5, 0.6) is 0 Å². The van der Waals surface area contributed by atoms with Crippen molar-refractivity contribution < 1.29 is 24.7 Å². The molecule has 0 radical (unpaired) electrons. The number of hydrogen-bond donors (Lipinski definition) is 5. The summed E-state index contributed by atoms with van der Waals surface area (Å²) in [5.74, 6) is -1.71. The monoisotopic (exact) mass is 345 g/mol. The third-order valence-corrected chi connectivity index (χ3v) is 3.39. The van der Waals surface area contributed by atoms with Gasteiger partial charge in [-0.25, -0.2) is 0 Å². The molecule has 1 rings (SSSR count). The van der Waals surface area contributed by atoms with Crippen LogP contribution in [0.25, 0.3) is 0 Å². The zero-order valence-corrected chi connectivity index (χ0v) is 13.1. The number of carbonyl (C=O) groups excluding carboxylic acids is 1. The van der Waals surface area contributed by atoms with E-state index in [1.54, 1.807) is 0 Å².